The van der Waals surface area contributed by atoms with Crippen molar-refractivity contribution in [3.05, 3.63) is 130 Å². The predicted molar refractivity (Wildman–Crippen MR) is 209 cm³/mol. The molecule has 4 heterocycles. The SMILES string of the molecule is C.COC(=O)c1nn(-c2cccc(Br)c2)c2ccc(-c3cnn(C)c3)cc12.Cn1cc(-c2ccc3c(c2)c(C(=O)O)nn3-c2cccc(Br)c2)cn1.[Li+].[OH-]. The van der Waals surface area contributed by atoms with E-state index in [1.54, 1.807) is 31.1 Å². The van der Waals surface area contributed by atoms with E-state index in [0.29, 0.717) is 5.39 Å². The van der Waals surface area contributed by atoms with Crippen molar-refractivity contribution >= 4 is 65.6 Å². The first-order chi connectivity index (χ1) is 24.6. The van der Waals surface area contributed by atoms with E-state index >= 15 is 0 Å². The minimum absolute atomic E-state index is 0. The van der Waals surface area contributed by atoms with Crippen LogP contribution in [-0.4, -0.2) is 68.8 Å². The van der Waals surface area contributed by atoms with Gasteiger partial charge in [-0.1, -0.05) is 63.6 Å². The number of aromatic nitrogens is 8. The number of ether oxygens (including phenoxy) is 1. The number of hydrogen-bond acceptors (Lipinski definition) is 8. The summed E-state index contributed by atoms with van der Waals surface area (Å²) in [4.78, 5) is 23.9. The summed E-state index contributed by atoms with van der Waals surface area (Å²) in [7, 11) is 5.07. The number of aromatic carboxylic acids is 1. The van der Waals surface area contributed by atoms with Gasteiger partial charge in [0.2, 0.25) is 0 Å². The molecule has 8 rings (SSSR count). The number of halogens is 2. The Hall–Kier alpha value is -5.30. The van der Waals surface area contributed by atoms with Gasteiger partial charge in [0.15, 0.2) is 11.4 Å². The van der Waals surface area contributed by atoms with Crippen LogP contribution < -0.4 is 18.9 Å². The van der Waals surface area contributed by atoms with E-state index < -0.39 is 11.9 Å². The predicted octanol–water partition coefficient (Wildman–Crippen LogP) is 5.33. The van der Waals surface area contributed by atoms with Crippen LogP contribution in [0.15, 0.2) is 119 Å². The minimum Gasteiger partial charge on any atom is -0.870 e. The summed E-state index contributed by atoms with van der Waals surface area (Å²) in [6.07, 6.45) is 7.36. The van der Waals surface area contributed by atoms with Crippen LogP contribution in [0, 0.1) is 0 Å². The first-order valence-corrected chi connectivity index (χ1v) is 17.1. The number of fused-ring (bicyclic) bond motifs is 2. The Labute approximate surface area is 338 Å². The molecule has 54 heavy (non-hydrogen) atoms. The number of aryl methyl sites for hydroxylation is 2. The Balaban J connectivity index is 0.000000228. The summed E-state index contributed by atoms with van der Waals surface area (Å²) in [6, 6.07) is 26.9. The van der Waals surface area contributed by atoms with Gasteiger partial charge in [-0.05, 0) is 71.8 Å². The second-order valence-corrected chi connectivity index (χ2v) is 13.4. The zero-order chi connectivity index (χ0) is 35.8. The van der Waals surface area contributed by atoms with E-state index in [1.165, 1.54) is 7.11 Å². The van der Waals surface area contributed by atoms with Crippen LogP contribution in [0.2, 0.25) is 0 Å². The molecule has 0 aliphatic carbocycles. The molecule has 13 nitrogen and oxygen atoms in total. The molecular weight excluding hydrogens is 815 g/mol. The molecule has 270 valence electrons. The maximum Gasteiger partial charge on any atom is 1.00 e. The fourth-order valence-corrected chi connectivity index (χ4v) is 6.53. The molecule has 0 radical (unpaired) electrons. The molecule has 0 saturated carbocycles. The van der Waals surface area contributed by atoms with Crippen LogP contribution in [0.25, 0.3) is 55.4 Å². The van der Waals surface area contributed by atoms with Gasteiger partial charge < -0.3 is 15.3 Å². The summed E-state index contributed by atoms with van der Waals surface area (Å²) in [5.41, 5.74) is 7.29. The van der Waals surface area contributed by atoms with Crippen LogP contribution in [0.5, 0.6) is 0 Å². The van der Waals surface area contributed by atoms with Crippen LogP contribution >= 0.6 is 31.9 Å². The molecule has 8 aromatic rings. The first kappa shape index (κ1) is 41.5. The Morgan fingerprint density at radius 1 is 0.667 bits per heavy atom. The Morgan fingerprint density at radius 3 is 1.50 bits per heavy atom. The number of carbonyl (C=O) groups is 2. The topological polar surface area (TPSA) is 165 Å². The van der Waals surface area contributed by atoms with Crippen molar-refractivity contribution in [2.24, 2.45) is 14.1 Å². The van der Waals surface area contributed by atoms with Crippen molar-refractivity contribution in [1.29, 1.82) is 0 Å². The van der Waals surface area contributed by atoms with Crippen LogP contribution in [0.4, 0.5) is 0 Å². The molecule has 0 amide bonds. The number of nitrogens with zero attached hydrogens (tertiary/aromatic N) is 8. The largest absolute Gasteiger partial charge is 1.00 e. The van der Waals surface area contributed by atoms with E-state index in [4.69, 9.17) is 4.74 Å². The number of methoxy groups -OCH3 is 1. The first-order valence-electron chi connectivity index (χ1n) is 15.5. The molecule has 0 fully saturated rings. The Bertz CT molecular complexity index is 2610. The number of esters is 1. The molecule has 0 aliphatic rings. The third kappa shape index (κ3) is 8.25. The second-order valence-electron chi connectivity index (χ2n) is 11.5. The maximum atomic E-state index is 12.3. The van der Waals surface area contributed by atoms with Gasteiger partial charge in [-0.25, -0.2) is 19.0 Å². The van der Waals surface area contributed by atoms with Crippen LogP contribution in [0.3, 0.4) is 0 Å². The van der Waals surface area contributed by atoms with Gasteiger partial charge >= 0.3 is 30.8 Å². The number of carboxylic acids is 1. The summed E-state index contributed by atoms with van der Waals surface area (Å²) >= 11 is 6.91. The van der Waals surface area contributed by atoms with Crippen molar-refractivity contribution in [2.45, 2.75) is 7.43 Å². The van der Waals surface area contributed by atoms with E-state index in [9.17, 15) is 14.7 Å². The molecule has 2 N–H and O–H groups in total. The Kier molecular flexibility index (Phi) is 13.2. The number of hydrogen-bond donors (Lipinski definition) is 1. The van der Waals surface area contributed by atoms with Gasteiger partial charge in [-0.3, -0.25) is 9.36 Å². The molecular formula is C38H33Br2LiN8O5. The molecule has 0 spiro atoms. The summed E-state index contributed by atoms with van der Waals surface area (Å²) in [5.74, 6) is -1.52. The average molecular weight is 848 g/mol. The third-order valence-electron chi connectivity index (χ3n) is 8.12. The second kappa shape index (κ2) is 17.2. The van der Waals surface area contributed by atoms with E-state index in [2.05, 4.69) is 52.3 Å². The maximum absolute atomic E-state index is 12.3. The van der Waals surface area contributed by atoms with Crippen molar-refractivity contribution in [2.75, 3.05) is 7.11 Å². The third-order valence-corrected chi connectivity index (χ3v) is 9.11. The summed E-state index contributed by atoms with van der Waals surface area (Å²) in [6.45, 7) is 0. The monoisotopic (exact) mass is 846 g/mol. The van der Waals surface area contributed by atoms with Gasteiger partial charge in [0, 0.05) is 57.3 Å². The van der Waals surface area contributed by atoms with Gasteiger partial charge in [0.1, 0.15) is 0 Å². The summed E-state index contributed by atoms with van der Waals surface area (Å²) < 4.78 is 13.6. The molecule has 0 aliphatic heterocycles. The summed E-state index contributed by atoms with van der Waals surface area (Å²) in [5, 5.41) is 28.1. The molecule has 0 atom stereocenters. The molecule has 4 aromatic heterocycles. The van der Waals surface area contributed by atoms with E-state index in [-0.39, 0.29) is 43.2 Å². The minimum atomic E-state index is -1.05. The molecule has 0 bridgehead atoms. The van der Waals surface area contributed by atoms with Gasteiger partial charge in [-0.2, -0.15) is 20.4 Å². The zero-order valence-corrected chi connectivity index (χ0v) is 32.0. The molecule has 0 saturated heterocycles. The fourth-order valence-electron chi connectivity index (χ4n) is 5.75. The number of rotatable bonds is 6. The van der Waals surface area contributed by atoms with Gasteiger partial charge in [0.25, 0.3) is 0 Å². The zero-order valence-electron chi connectivity index (χ0n) is 28.8. The fraction of sp³-hybridized carbons (Fsp3) is 0.105. The smallest absolute Gasteiger partial charge is 0.870 e. The van der Waals surface area contributed by atoms with Crippen molar-refractivity contribution in [3.63, 3.8) is 0 Å². The van der Waals surface area contributed by atoms with Crippen LogP contribution in [0.1, 0.15) is 28.4 Å². The molecule has 0 unspecified atom stereocenters. The van der Waals surface area contributed by atoms with E-state index in [0.717, 1.165) is 59.0 Å². The van der Waals surface area contributed by atoms with E-state index in [1.807, 2.05) is 111 Å². The number of benzene rings is 4. The normalized spacial score (nSPS) is 10.5. The number of carbonyl (C=O) groups excluding carboxylic acids is 1. The molecule has 16 heteroatoms. The molecule has 4 aromatic carbocycles. The quantitative estimate of drug-likeness (QED) is 0.172. The Morgan fingerprint density at radius 2 is 1.11 bits per heavy atom. The van der Waals surface area contributed by atoms with Crippen molar-refractivity contribution < 1.29 is 43.8 Å². The van der Waals surface area contributed by atoms with Crippen LogP contribution in [-0.2, 0) is 18.8 Å². The van der Waals surface area contributed by atoms with Crippen molar-refractivity contribution in [3.8, 4) is 33.6 Å². The average Bonchev–Trinajstić information content (AvgIpc) is 3.92. The number of carboxylic acid groups (broad SMARTS) is 1. The van der Waals surface area contributed by atoms with Gasteiger partial charge in [-0.15, -0.1) is 0 Å². The van der Waals surface area contributed by atoms with Crippen molar-refractivity contribution in [1.82, 2.24) is 39.1 Å². The standard InChI is InChI=1S/C19H15BrN4O2.C18H13BrN4O2.CH4.Li.H2O/c1-23-11-13(10-21-23)12-6-7-17-16(8-12)18(19(25)26-2)22-24(17)15-5-3-4-14(20)9-15;1-22-10-12(9-20-22)11-5-6-16-15(7-11)17(18(24)25)21-23(16)14-4-2-3-13(19)8-14;;;/h3-11H,1-2H3;2-10H,1H3,(H,24,25);1H4;;1H2/q;;;+1;/p-1. The van der Waals surface area contributed by atoms with Gasteiger partial charge in [0.05, 0.1) is 41.9 Å².